The van der Waals surface area contributed by atoms with Crippen LogP contribution in [0, 0.1) is 13.8 Å². The number of hydrogen-bond donors (Lipinski definition) is 1. The van der Waals surface area contributed by atoms with Crippen LogP contribution >= 0.6 is 12.4 Å². The van der Waals surface area contributed by atoms with Gasteiger partial charge in [-0.3, -0.25) is 4.90 Å². The highest BCUT2D eigenvalue weighted by molar-refractivity contribution is 5.85. The van der Waals surface area contributed by atoms with Gasteiger partial charge in [-0.2, -0.15) is 0 Å². The Morgan fingerprint density at radius 3 is 2.79 bits per heavy atom. The van der Waals surface area contributed by atoms with Gasteiger partial charge in [-0.25, -0.2) is 0 Å². The molecule has 1 aromatic carbocycles. The molecule has 2 saturated heterocycles. The Bertz CT molecular complexity index is 433. The fraction of sp³-hybridized carbons (Fsp3) is 0.625. The number of benzene rings is 1. The Morgan fingerprint density at radius 2 is 1.95 bits per heavy atom. The molecule has 3 heteroatoms. The average Bonchev–Trinajstić information content (AvgIpc) is 2.67. The van der Waals surface area contributed by atoms with Crippen LogP contribution in [0.4, 0.5) is 0 Å². The lowest BCUT2D eigenvalue weighted by atomic mass is 10.0. The highest BCUT2D eigenvalue weighted by Crippen LogP contribution is 2.22. The number of likely N-dealkylation sites (tertiary alicyclic amines) is 1. The summed E-state index contributed by atoms with van der Waals surface area (Å²) >= 11 is 0. The molecular formula is C16H25ClN2. The van der Waals surface area contributed by atoms with Gasteiger partial charge in [-0.15, -0.1) is 12.4 Å². The molecule has 2 fully saturated rings. The van der Waals surface area contributed by atoms with E-state index in [-0.39, 0.29) is 12.4 Å². The standard InChI is InChI=1S/C16H24N2.ClH/c1-12-3-4-13(2)14(9-12)10-18-8-7-15-5-6-16(11-18)17-15;/h3-4,9,15-17H,5-8,10-11H2,1-2H3;1H. The number of nitrogens with one attached hydrogen (secondary N) is 1. The molecule has 2 atom stereocenters. The fourth-order valence-corrected chi connectivity index (χ4v) is 3.37. The number of aryl methyl sites for hydroxylation is 2. The van der Waals surface area contributed by atoms with Crippen molar-refractivity contribution in [2.45, 2.75) is 51.7 Å². The molecule has 2 unspecified atom stereocenters. The van der Waals surface area contributed by atoms with Gasteiger partial charge in [-0.1, -0.05) is 23.8 Å². The van der Waals surface area contributed by atoms with Crippen LogP contribution in [-0.2, 0) is 6.54 Å². The van der Waals surface area contributed by atoms with Crippen LogP contribution in [-0.4, -0.2) is 30.1 Å². The molecule has 2 nitrogen and oxygen atoms in total. The van der Waals surface area contributed by atoms with Crippen molar-refractivity contribution in [1.82, 2.24) is 10.2 Å². The minimum absolute atomic E-state index is 0. The van der Waals surface area contributed by atoms with Crippen LogP contribution in [0.2, 0.25) is 0 Å². The molecule has 0 aliphatic carbocycles. The summed E-state index contributed by atoms with van der Waals surface area (Å²) in [5.74, 6) is 0. The van der Waals surface area contributed by atoms with Crippen LogP contribution in [0.5, 0.6) is 0 Å². The molecule has 0 aromatic heterocycles. The Labute approximate surface area is 123 Å². The predicted molar refractivity (Wildman–Crippen MR) is 83.0 cm³/mol. The Kier molecular flexibility index (Phi) is 4.88. The fourth-order valence-electron chi connectivity index (χ4n) is 3.37. The van der Waals surface area contributed by atoms with E-state index in [1.54, 1.807) is 0 Å². The van der Waals surface area contributed by atoms with E-state index >= 15 is 0 Å². The summed E-state index contributed by atoms with van der Waals surface area (Å²) in [6.07, 6.45) is 4.08. The normalized spacial score (nSPS) is 26.8. The lowest BCUT2D eigenvalue weighted by molar-refractivity contribution is 0.250. The number of halogens is 1. The molecule has 1 N–H and O–H groups in total. The second-order valence-corrected chi connectivity index (χ2v) is 6.09. The van der Waals surface area contributed by atoms with Crippen molar-refractivity contribution < 1.29 is 0 Å². The number of rotatable bonds is 2. The predicted octanol–water partition coefficient (Wildman–Crippen LogP) is 3.05. The van der Waals surface area contributed by atoms with E-state index < -0.39 is 0 Å². The molecule has 3 rings (SSSR count). The van der Waals surface area contributed by atoms with Crippen LogP contribution < -0.4 is 5.32 Å². The number of nitrogens with zero attached hydrogens (tertiary/aromatic N) is 1. The summed E-state index contributed by atoms with van der Waals surface area (Å²) in [5.41, 5.74) is 4.32. The van der Waals surface area contributed by atoms with Crippen molar-refractivity contribution >= 4 is 12.4 Å². The Hall–Kier alpha value is -0.570. The second kappa shape index (κ2) is 6.25. The van der Waals surface area contributed by atoms with Gasteiger partial charge < -0.3 is 5.32 Å². The van der Waals surface area contributed by atoms with Gasteiger partial charge in [0.25, 0.3) is 0 Å². The quantitative estimate of drug-likeness (QED) is 0.896. The lowest BCUT2D eigenvalue weighted by Crippen LogP contribution is -2.35. The summed E-state index contributed by atoms with van der Waals surface area (Å²) in [5, 5.41) is 3.75. The molecule has 106 valence electrons. The monoisotopic (exact) mass is 280 g/mol. The number of fused-ring (bicyclic) bond motifs is 2. The first-order valence-electron chi connectivity index (χ1n) is 7.25. The van der Waals surface area contributed by atoms with Crippen molar-refractivity contribution in [3.63, 3.8) is 0 Å². The van der Waals surface area contributed by atoms with Crippen LogP contribution in [0.1, 0.15) is 36.0 Å². The van der Waals surface area contributed by atoms with Gasteiger partial charge in [-0.05, 0) is 44.2 Å². The molecule has 0 amide bonds. The molecule has 0 saturated carbocycles. The maximum Gasteiger partial charge on any atom is 0.0237 e. The summed E-state index contributed by atoms with van der Waals surface area (Å²) in [4.78, 5) is 2.64. The molecule has 19 heavy (non-hydrogen) atoms. The Balaban J connectivity index is 0.00000133. The van der Waals surface area contributed by atoms with Crippen molar-refractivity contribution in [3.8, 4) is 0 Å². The van der Waals surface area contributed by atoms with Crippen molar-refractivity contribution in [2.75, 3.05) is 13.1 Å². The zero-order valence-corrected chi connectivity index (χ0v) is 12.8. The van der Waals surface area contributed by atoms with Crippen LogP contribution in [0.3, 0.4) is 0 Å². The molecule has 2 bridgehead atoms. The molecule has 1 aromatic rings. The van der Waals surface area contributed by atoms with Gasteiger partial charge in [0.1, 0.15) is 0 Å². The highest BCUT2D eigenvalue weighted by Gasteiger charge is 2.29. The largest absolute Gasteiger partial charge is 0.310 e. The molecule has 0 spiro atoms. The third-order valence-corrected chi connectivity index (χ3v) is 4.51. The summed E-state index contributed by atoms with van der Waals surface area (Å²) in [7, 11) is 0. The zero-order valence-electron chi connectivity index (χ0n) is 12.0. The average molecular weight is 281 g/mol. The Morgan fingerprint density at radius 1 is 1.16 bits per heavy atom. The van der Waals surface area contributed by atoms with Crippen molar-refractivity contribution in [1.29, 1.82) is 0 Å². The smallest absolute Gasteiger partial charge is 0.0237 e. The van der Waals surface area contributed by atoms with Gasteiger partial charge in [0.2, 0.25) is 0 Å². The van der Waals surface area contributed by atoms with Crippen LogP contribution in [0.15, 0.2) is 18.2 Å². The topological polar surface area (TPSA) is 15.3 Å². The summed E-state index contributed by atoms with van der Waals surface area (Å²) < 4.78 is 0. The molecule has 2 heterocycles. The second-order valence-electron chi connectivity index (χ2n) is 6.09. The van der Waals surface area contributed by atoms with Gasteiger partial charge in [0, 0.05) is 31.7 Å². The summed E-state index contributed by atoms with van der Waals surface area (Å²) in [6.45, 7) is 8.02. The highest BCUT2D eigenvalue weighted by atomic mass is 35.5. The third-order valence-electron chi connectivity index (χ3n) is 4.51. The first kappa shape index (κ1) is 14.8. The molecule has 2 aliphatic heterocycles. The first-order chi connectivity index (χ1) is 8.70. The summed E-state index contributed by atoms with van der Waals surface area (Å²) in [6, 6.07) is 8.35. The van der Waals surface area contributed by atoms with Crippen molar-refractivity contribution in [2.24, 2.45) is 0 Å². The zero-order chi connectivity index (χ0) is 12.5. The number of hydrogen-bond acceptors (Lipinski definition) is 2. The van der Waals surface area contributed by atoms with Gasteiger partial charge in [0.15, 0.2) is 0 Å². The minimum Gasteiger partial charge on any atom is -0.310 e. The lowest BCUT2D eigenvalue weighted by Gasteiger charge is -2.25. The SMILES string of the molecule is Cc1ccc(C)c(CN2CCC3CCC(C2)N3)c1.Cl. The van der Waals surface area contributed by atoms with E-state index in [0.717, 1.165) is 18.6 Å². The minimum atomic E-state index is 0. The first-order valence-corrected chi connectivity index (χ1v) is 7.25. The van der Waals surface area contributed by atoms with E-state index in [1.165, 1.54) is 49.0 Å². The van der Waals surface area contributed by atoms with Crippen molar-refractivity contribution in [3.05, 3.63) is 34.9 Å². The molecule has 0 radical (unpaired) electrons. The van der Waals surface area contributed by atoms with E-state index in [1.807, 2.05) is 0 Å². The van der Waals surface area contributed by atoms with Gasteiger partial charge in [0.05, 0.1) is 0 Å². The third kappa shape index (κ3) is 3.50. The van der Waals surface area contributed by atoms with E-state index in [9.17, 15) is 0 Å². The molecule has 2 aliphatic rings. The van der Waals surface area contributed by atoms with Gasteiger partial charge >= 0.3 is 0 Å². The van der Waals surface area contributed by atoms with E-state index in [2.05, 4.69) is 42.3 Å². The maximum atomic E-state index is 3.75. The maximum absolute atomic E-state index is 3.75. The van der Waals surface area contributed by atoms with Crippen LogP contribution in [0.25, 0.3) is 0 Å². The van der Waals surface area contributed by atoms with E-state index in [4.69, 9.17) is 0 Å². The molecular weight excluding hydrogens is 256 g/mol. The van der Waals surface area contributed by atoms with E-state index in [0.29, 0.717) is 0 Å².